The summed E-state index contributed by atoms with van der Waals surface area (Å²) in [6, 6.07) is 0. The maximum Gasteiger partial charge on any atom is 2.00 e. The maximum atomic E-state index is 8.46. The fraction of sp³-hybridized carbons (Fsp3) is 0. The van der Waals surface area contributed by atoms with Gasteiger partial charge in [0.25, 0.3) is 0 Å². The summed E-state index contributed by atoms with van der Waals surface area (Å²) in [7, 11) is 0. The first kappa shape index (κ1) is 56.2. The Morgan fingerprint density at radius 3 is 0.429 bits per heavy atom. The SMILES string of the molecule is [Ba+2].[Ca+2].[O]=[Al][O-].[O]=[Al][O-].[O]=[Al][O-].[O]=[Al][O-].[O]=[Al][O-].[O]=[Al][O-].[Sr+2]. The fourth-order valence-electron chi connectivity index (χ4n) is 0. The van der Waals surface area contributed by atoms with Crippen LogP contribution in [0.2, 0.25) is 0 Å². The van der Waals surface area contributed by atoms with Crippen LogP contribution in [0.25, 0.3) is 0 Å². The van der Waals surface area contributed by atoms with Gasteiger partial charge in [-0.3, -0.25) is 0 Å². The summed E-state index contributed by atoms with van der Waals surface area (Å²) >= 11 is -10.5. The first-order valence-electron chi connectivity index (χ1n) is 2.83. The summed E-state index contributed by atoms with van der Waals surface area (Å²) in [6.45, 7) is 0. The Morgan fingerprint density at radius 1 is 0.429 bits per heavy atom. The number of hydrogen-bond acceptors (Lipinski definition) is 12. The van der Waals surface area contributed by atoms with Crippen molar-refractivity contribution in [1.82, 2.24) is 0 Å². The van der Waals surface area contributed by atoms with E-state index in [-0.39, 0.29) is 132 Å². The van der Waals surface area contributed by atoms with Crippen molar-refractivity contribution in [3.63, 3.8) is 0 Å². The molecule has 0 fully saturated rings. The largest absolute Gasteiger partial charge is 2.00 e. The molecule has 0 aliphatic carbocycles. The first-order chi connectivity index (χ1) is 8.49. The molecule has 0 atom stereocenters. The van der Waals surface area contributed by atoms with Crippen LogP contribution in [0.15, 0.2) is 0 Å². The zero-order chi connectivity index (χ0) is 16.2. The van der Waals surface area contributed by atoms with Crippen molar-refractivity contribution in [2.45, 2.75) is 0 Å². The van der Waals surface area contributed by atoms with E-state index in [9.17, 15) is 0 Å². The Morgan fingerprint density at radius 2 is 0.429 bits per heavy atom. The van der Waals surface area contributed by atoms with E-state index in [1.54, 1.807) is 0 Å². The molecular weight excluding hydrogens is 619 g/mol. The van der Waals surface area contributed by atoms with Gasteiger partial charge in [-0.25, -0.2) is 0 Å². The minimum atomic E-state index is -1.75. The van der Waals surface area contributed by atoms with Crippen LogP contribution in [-0.2, 0) is 22.8 Å². The quantitative estimate of drug-likeness (QED) is 0.230. The van der Waals surface area contributed by atoms with Gasteiger partial charge in [0.05, 0.1) is 0 Å². The van der Waals surface area contributed by atoms with Crippen molar-refractivity contribution in [1.29, 1.82) is 0 Å². The molecule has 0 aromatic rings. The molecule has 0 aliphatic heterocycles. The molecule has 0 aromatic carbocycles. The molecule has 21 heavy (non-hydrogen) atoms. The minimum Gasteiger partial charge on any atom is 2.00 e. The van der Waals surface area contributed by atoms with Crippen LogP contribution in [0, 0.1) is 0 Å². The van der Waals surface area contributed by atoms with E-state index in [0.717, 1.165) is 0 Å². The van der Waals surface area contributed by atoms with Gasteiger partial charge in [-0.2, -0.15) is 0 Å². The van der Waals surface area contributed by atoms with Crippen LogP contribution in [0.5, 0.6) is 0 Å². The Balaban J connectivity index is -0.0000000114. The zero-order valence-corrected chi connectivity index (χ0v) is 27.5. The molecule has 21 heteroatoms. The third-order valence-electron chi connectivity index (χ3n) is 0. The molecule has 0 amide bonds. The molecule has 0 saturated carbocycles. The molecule has 96 valence electrons. The third-order valence-corrected chi connectivity index (χ3v) is 0. The van der Waals surface area contributed by atoms with Gasteiger partial charge in [0.2, 0.25) is 0 Å². The van der Waals surface area contributed by atoms with E-state index < -0.39 is 92.9 Å². The smallest absolute Gasteiger partial charge is 2.00 e. The Hall–Kier alpha value is 5.11. The van der Waals surface area contributed by atoms with Gasteiger partial charge < -0.3 is 0 Å². The van der Waals surface area contributed by atoms with Crippen molar-refractivity contribution < 1.29 is 47.8 Å². The first-order valence-corrected chi connectivity index (χ1v) is 8.49. The Kier molecular flexibility index (Phi) is 317. The molecule has 0 aromatic heterocycles. The van der Waals surface area contributed by atoms with Gasteiger partial charge in [0.1, 0.15) is 0 Å². The maximum absolute atomic E-state index is 8.46. The molecule has 0 unspecified atom stereocenters. The van der Waals surface area contributed by atoms with Crippen LogP contribution < -0.4 is 24.9 Å². The minimum absolute atomic E-state index is 0. The summed E-state index contributed by atoms with van der Waals surface area (Å²) in [5, 5.41) is 0. The predicted molar refractivity (Wildman–Crippen MR) is 55.9 cm³/mol. The van der Waals surface area contributed by atoms with Gasteiger partial charge in [-0.15, -0.1) is 0 Å². The van der Waals surface area contributed by atoms with E-state index >= 15 is 0 Å². The van der Waals surface area contributed by atoms with E-state index in [4.69, 9.17) is 47.8 Å². The standard InChI is InChI=1S/6Al.Ba.Ca.12O.Sr/q;;;;;;2*+2;;;;;;;6*-1;+2. The molecule has 0 saturated heterocycles. The van der Waals surface area contributed by atoms with Gasteiger partial charge >= 0.3 is 273 Å². The normalized spacial score (nSPS) is 2.29. The van der Waals surface area contributed by atoms with E-state index in [2.05, 4.69) is 0 Å². The van der Waals surface area contributed by atoms with E-state index in [1.165, 1.54) is 0 Å². The van der Waals surface area contributed by atoms with Crippen molar-refractivity contribution >= 4 is 225 Å². The van der Waals surface area contributed by atoms with Gasteiger partial charge in [-0.05, 0) is 0 Å². The summed E-state index contributed by atoms with van der Waals surface area (Å²) in [5.41, 5.74) is 0. The van der Waals surface area contributed by atoms with Gasteiger partial charge in [0.15, 0.2) is 0 Å². The summed E-state index contributed by atoms with van der Waals surface area (Å²) in [4.78, 5) is 0. The summed E-state index contributed by atoms with van der Waals surface area (Å²) in [5.74, 6) is 0. The van der Waals surface area contributed by atoms with Crippen molar-refractivity contribution in [3.8, 4) is 0 Å². The van der Waals surface area contributed by atoms with Crippen molar-refractivity contribution in [2.75, 3.05) is 0 Å². The predicted octanol–water partition coefficient (Wildman–Crippen LogP) is -11.3. The molecule has 0 spiro atoms. The zero-order valence-electron chi connectivity index (χ0n) is 10.5. The topological polar surface area (TPSA) is 241 Å². The second-order valence-corrected chi connectivity index (χ2v) is 1.73. The average molecular weight is 619 g/mol. The van der Waals surface area contributed by atoms with E-state index in [0.29, 0.717) is 0 Å². The van der Waals surface area contributed by atoms with Gasteiger partial charge in [0, 0.05) is 0 Å². The van der Waals surface area contributed by atoms with Crippen LogP contribution in [0.1, 0.15) is 0 Å². The molecule has 0 radical (unpaired) electrons. The molecule has 0 N–H and O–H groups in total. The van der Waals surface area contributed by atoms with Gasteiger partial charge in [-0.1, -0.05) is 0 Å². The summed E-state index contributed by atoms with van der Waals surface area (Å²) < 4.78 is 101. The number of hydrogen-bond donors (Lipinski definition) is 0. The Bertz CT molecular complexity index is 125. The second-order valence-electron chi connectivity index (χ2n) is 0.577. The monoisotopic (exact) mass is 620 g/mol. The second kappa shape index (κ2) is 118. The van der Waals surface area contributed by atoms with Crippen molar-refractivity contribution in [2.24, 2.45) is 0 Å². The number of rotatable bonds is 0. The van der Waals surface area contributed by atoms with Crippen LogP contribution in [0.3, 0.4) is 0 Å². The molecule has 0 heterocycles. The molecule has 0 rings (SSSR count). The van der Waals surface area contributed by atoms with E-state index in [1.807, 2.05) is 0 Å². The van der Waals surface area contributed by atoms with Crippen molar-refractivity contribution in [3.05, 3.63) is 0 Å². The third kappa shape index (κ3) is 514. The molecule has 12 nitrogen and oxygen atoms in total. The fourth-order valence-corrected chi connectivity index (χ4v) is 0. The molecule has 0 bridgehead atoms. The van der Waals surface area contributed by atoms with Crippen LogP contribution in [-0.4, -0.2) is 225 Å². The molecular formula is Al6BaCaO12Sr. The molecule has 0 aliphatic rings. The van der Waals surface area contributed by atoms with Crippen LogP contribution >= 0.6 is 0 Å². The average Bonchev–Trinajstić information content (AvgIpc) is 2.23. The summed E-state index contributed by atoms with van der Waals surface area (Å²) in [6.07, 6.45) is 0. The van der Waals surface area contributed by atoms with Crippen LogP contribution in [0.4, 0.5) is 0 Å². The Labute approximate surface area is 265 Å².